The summed E-state index contributed by atoms with van der Waals surface area (Å²) in [6.07, 6.45) is 0.751. The minimum Gasteiger partial charge on any atom is -0.495 e. The largest absolute Gasteiger partial charge is 0.495 e. The van der Waals surface area contributed by atoms with Crippen molar-refractivity contribution in [3.8, 4) is 5.75 Å². The number of amides is 2. The zero-order valence-electron chi connectivity index (χ0n) is 11.9. The lowest BCUT2D eigenvalue weighted by molar-refractivity contribution is 0.217. The van der Waals surface area contributed by atoms with E-state index in [9.17, 15) is 4.79 Å². The number of urea groups is 1. The zero-order chi connectivity index (χ0) is 14.3. The standard InChI is InChI=1S/C14H23N3O2/c1-4-16(2)14(18)17(11-7-10-15)12-8-5-6-9-13(12)19-3/h5-6,8-9H,4,7,10-11,15H2,1-3H3. The Hall–Kier alpha value is -1.75. The average molecular weight is 265 g/mol. The molecule has 19 heavy (non-hydrogen) atoms. The molecular weight excluding hydrogens is 242 g/mol. The Balaban J connectivity index is 3.05. The summed E-state index contributed by atoms with van der Waals surface area (Å²) in [4.78, 5) is 15.8. The minimum atomic E-state index is -0.0412. The first kappa shape index (κ1) is 15.3. The number of rotatable bonds is 6. The van der Waals surface area contributed by atoms with E-state index in [0.717, 1.165) is 12.1 Å². The van der Waals surface area contributed by atoms with Gasteiger partial charge in [0.1, 0.15) is 5.75 Å². The number of hydrogen-bond donors (Lipinski definition) is 1. The topological polar surface area (TPSA) is 58.8 Å². The second kappa shape index (κ2) is 7.63. The third-order valence-corrected chi connectivity index (χ3v) is 2.99. The lowest BCUT2D eigenvalue weighted by Gasteiger charge is -2.28. The maximum Gasteiger partial charge on any atom is 0.324 e. The van der Waals surface area contributed by atoms with Gasteiger partial charge in [-0.15, -0.1) is 0 Å². The molecule has 0 atom stereocenters. The maximum absolute atomic E-state index is 12.4. The van der Waals surface area contributed by atoms with E-state index in [1.54, 1.807) is 24.0 Å². The molecule has 0 saturated heterocycles. The molecule has 1 aromatic rings. The van der Waals surface area contributed by atoms with Crippen molar-refractivity contribution in [2.24, 2.45) is 5.73 Å². The Kier molecular flexibility index (Phi) is 6.15. The minimum absolute atomic E-state index is 0.0412. The van der Waals surface area contributed by atoms with Gasteiger partial charge in [0.2, 0.25) is 0 Å². The molecule has 5 heteroatoms. The number of carbonyl (C=O) groups excluding carboxylic acids is 1. The summed E-state index contributed by atoms with van der Waals surface area (Å²) in [6, 6.07) is 7.48. The van der Waals surface area contributed by atoms with Crippen molar-refractivity contribution in [2.75, 3.05) is 38.7 Å². The molecule has 0 spiro atoms. The Morgan fingerprint density at radius 2 is 2.05 bits per heavy atom. The van der Waals surface area contributed by atoms with Crippen LogP contribution in [0.1, 0.15) is 13.3 Å². The quantitative estimate of drug-likeness (QED) is 0.855. The second-order valence-corrected chi connectivity index (χ2v) is 4.26. The van der Waals surface area contributed by atoms with Gasteiger partial charge in [0.25, 0.3) is 0 Å². The van der Waals surface area contributed by atoms with E-state index in [1.807, 2.05) is 31.2 Å². The van der Waals surface area contributed by atoms with Crippen LogP contribution in [0, 0.1) is 0 Å². The molecular formula is C14H23N3O2. The number of nitrogens with zero attached hydrogens (tertiary/aromatic N) is 2. The fourth-order valence-electron chi connectivity index (χ4n) is 1.76. The van der Waals surface area contributed by atoms with Gasteiger partial charge in [-0.05, 0) is 32.0 Å². The summed E-state index contributed by atoms with van der Waals surface area (Å²) >= 11 is 0. The first-order valence-electron chi connectivity index (χ1n) is 6.51. The molecule has 5 nitrogen and oxygen atoms in total. The highest BCUT2D eigenvalue weighted by atomic mass is 16.5. The molecule has 106 valence electrons. The van der Waals surface area contributed by atoms with Gasteiger partial charge in [-0.1, -0.05) is 12.1 Å². The Morgan fingerprint density at radius 1 is 1.37 bits per heavy atom. The summed E-state index contributed by atoms with van der Waals surface area (Å²) in [5.41, 5.74) is 6.33. The smallest absolute Gasteiger partial charge is 0.324 e. The third kappa shape index (κ3) is 3.86. The van der Waals surface area contributed by atoms with Crippen LogP contribution in [0.3, 0.4) is 0 Å². The third-order valence-electron chi connectivity index (χ3n) is 2.99. The van der Waals surface area contributed by atoms with Crippen LogP contribution in [0.4, 0.5) is 10.5 Å². The van der Waals surface area contributed by atoms with Crippen LogP contribution in [-0.4, -0.2) is 44.7 Å². The lowest BCUT2D eigenvalue weighted by atomic mass is 10.2. The van der Waals surface area contributed by atoms with Crippen LogP contribution in [-0.2, 0) is 0 Å². The highest BCUT2D eigenvalue weighted by Crippen LogP contribution is 2.28. The molecule has 1 aromatic carbocycles. The molecule has 0 heterocycles. The molecule has 1 rings (SSSR count). The van der Waals surface area contributed by atoms with Crippen LogP contribution in [0.2, 0.25) is 0 Å². The van der Waals surface area contributed by atoms with Gasteiger partial charge >= 0.3 is 6.03 Å². The summed E-state index contributed by atoms with van der Waals surface area (Å²) in [5.74, 6) is 0.692. The van der Waals surface area contributed by atoms with Crippen LogP contribution >= 0.6 is 0 Å². The van der Waals surface area contributed by atoms with Crippen LogP contribution in [0.15, 0.2) is 24.3 Å². The first-order chi connectivity index (χ1) is 9.15. The van der Waals surface area contributed by atoms with Gasteiger partial charge in [-0.25, -0.2) is 4.79 Å². The number of hydrogen-bond acceptors (Lipinski definition) is 3. The molecule has 0 bridgehead atoms. The second-order valence-electron chi connectivity index (χ2n) is 4.26. The normalized spacial score (nSPS) is 10.1. The van der Waals surface area contributed by atoms with Gasteiger partial charge in [-0.3, -0.25) is 4.90 Å². The molecule has 0 aliphatic heterocycles. The summed E-state index contributed by atoms with van der Waals surface area (Å²) in [6.45, 7) is 3.74. The predicted molar refractivity (Wildman–Crippen MR) is 77.7 cm³/mol. The number of para-hydroxylation sites is 2. The Morgan fingerprint density at radius 3 is 2.63 bits per heavy atom. The van der Waals surface area contributed by atoms with Crippen molar-refractivity contribution in [3.05, 3.63) is 24.3 Å². The molecule has 0 saturated carbocycles. The van der Waals surface area contributed by atoms with Crippen molar-refractivity contribution in [2.45, 2.75) is 13.3 Å². The lowest BCUT2D eigenvalue weighted by Crippen LogP contribution is -2.42. The molecule has 0 aliphatic carbocycles. The first-order valence-corrected chi connectivity index (χ1v) is 6.51. The van der Waals surface area contributed by atoms with Gasteiger partial charge < -0.3 is 15.4 Å². The average Bonchev–Trinajstić information content (AvgIpc) is 2.46. The molecule has 0 unspecified atom stereocenters. The van der Waals surface area contributed by atoms with E-state index in [4.69, 9.17) is 10.5 Å². The van der Waals surface area contributed by atoms with Crippen molar-refractivity contribution in [3.63, 3.8) is 0 Å². The van der Waals surface area contributed by atoms with Crippen molar-refractivity contribution >= 4 is 11.7 Å². The number of benzene rings is 1. The highest BCUT2D eigenvalue weighted by molar-refractivity contribution is 5.93. The van der Waals surface area contributed by atoms with Gasteiger partial charge in [0.05, 0.1) is 12.8 Å². The number of anilines is 1. The van der Waals surface area contributed by atoms with Gasteiger partial charge in [0.15, 0.2) is 0 Å². The monoisotopic (exact) mass is 265 g/mol. The number of ether oxygens (including phenoxy) is 1. The molecule has 0 radical (unpaired) electrons. The van der Waals surface area contributed by atoms with Crippen molar-refractivity contribution in [1.29, 1.82) is 0 Å². The van der Waals surface area contributed by atoms with E-state index in [0.29, 0.717) is 25.4 Å². The molecule has 0 aliphatic rings. The van der Waals surface area contributed by atoms with Gasteiger partial charge in [-0.2, -0.15) is 0 Å². The summed E-state index contributed by atoms with van der Waals surface area (Å²) in [5, 5.41) is 0. The summed E-state index contributed by atoms with van der Waals surface area (Å²) < 4.78 is 5.33. The zero-order valence-corrected chi connectivity index (χ0v) is 11.9. The van der Waals surface area contributed by atoms with E-state index >= 15 is 0 Å². The predicted octanol–water partition coefficient (Wildman–Crippen LogP) is 1.92. The SMILES string of the molecule is CCN(C)C(=O)N(CCCN)c1ccccc1OC. The molecule has 0 aromatic heterocycles. The number of methoxy groups -OCH3 is 1. The fraction of sp³-hybridized carbons (Fsp3) is 0.500. The van der Waals surface area contributed by atoms with Crippen molar-refractivity contribution in [1.82, 2.24) is 4.90 Å². The van der Waals surface area contributed by atoms with E-state index in [1.165, 1.54) is 0 Å². The Labute approximate surface area is 114 Å². The molecule has 2 N–H and O–H groups in total. The van der Waals surface area contributed by atoms with Crippen molar-refractivity contribution < 1.29 is 9.53 Å². The van der Waals surface area contributed by atoms with Crippen LogP contribution in [0.25, 0.3) is 0 Å². The summed E-state index contributed by atoms with van der Waals surface area (Å²) in [7, 11) is 3.39. The van der Waals surface area contributed by atoms with Crippen LogP contribution < -0.4 is 15.4 Å². The van der Waals surface area contributed by atoms with Gasteiger partial charge in [0, 0.05) is 20.1 Å². The molecule has 0 fully saturated rings. The van der Waals surface area contributed by atoms with E-state index in [2.05, 4.69) is 0 Å². The van der Waals surface area contributed by atoms with E-state index in [-0.39, 0.29) is 6.03 Å². The highest BCUT2D eigenvalue weighted by Gasteiger charge is 2.21. The number of nitrogens with two attached hydrogens (primary N) is 1. The van der Waals surface area contributed by atoms with Crippen LogP contribution in [0.5, 0.6) is 5.75 Å². The van der Waals surface area contributed by atoms with E-state index < -0.39 is 0 Å². The maximum atomic E-state index is 12.4. The molecule has 2 amide bonds. The Bertz CT molecular complexity index is 409. The number of carbonyl (C=O) groups is 1. The fourth-order valence-corrected chi connectivity index (χ4v) is 1.76.